The molecule has 1 aliphatic heterocycles. The highest BCUT2D eigenvalue weighted by Crippen LogP contribution is 2.44. The second-order valence-corrected chi connectivity index (χ2v) is 9.99. The number of pyridine rings is 1. The van der Waals surface area contributed by atoms with Gasteiger partial charge in [-0.05, 0) is 85.6 Å². The number of hydrogen-bond donors (Lipinski definition) is 1. The van der Waals surface area contributed by atoms with E-state index < -0.39 is 0 Å². The fourth-order valence-electron chi connectivity index (χ4n) is 5.20. The summed E-state index contributed by atoms with van der Waals surface area (Å²) < 4.78 is 7.78. The molecule has 5 nitrogen and oxygen atoms in total. The Morgan fingerprint density at radius 2 is 1.72 bits per heavy atom. The van der Waals surface area contributed by atoms with E-state index >= 15 is 0 Å². The van der Waals surface area contributed by atoms with Gasteiger partial charge in [-0.25, -0.2) is 0 Å². The number of rotatable bonds is 6. The topological polar surface area (TPSA) is 42.3 Å². The van der Waals surface area contributed by atoms with Gasteiger partial charge in [-0.15, -0.1) is 0 Å². The minimum Gasteiger partial charge on any atom is -0.497 e. The fourth-order valence-corrected chi connectivity index (χ4v) is 5.55. The van der Waals surface area contributed by atoms with Crippen molar-refractivity contribution in [1.29, 1.82) is 0 Å². The van der Waals surface area contributed by atoms with E-state index in [1.165, 1.54) is 16.8 Å². The van der Waals surface area contributed by atoms with Gasteiger partial charge in [0.05, 0.1) is 24.9 Å². The molecule has 0 bridgehead atoms. The first-order chi connectivity index (χ1) is 17.4. The molecule has 0 radical (unpaired) electrons. The molecule has 0 unspecified atom stereocenters. The molecule has 1 saturated heterocycles. The van der Waals surface area contributed by atoms with Gasteiger partial charge in [0, 0.05) is 35.0 Å². The SMILES string of the molecule is COc1cccc(-n2c(C)cc([C@H]3[C@H](c4ccccn4)NC(=S)N3c3ccc(C(C)C)cc3)c2C)c1. The van der Waals surface area contributed by atoms with Crippen LogP contribution in [-0.2, 0) is 0 Å². The Hall–Kier alpha value is -3.64. The number of nitrogens with one attached hydrogen (secondary N) is 1. The van der Waals surface area contributed by atoms with Gasteiger partial charge < -0.3 is 19.5 Å². The highest BCUT2D eigenvalue weighted by Gasteiger charge is 2.42. The predicted octanol–water partition coefficient (Wildman–Crippen LogP) is 6.80. The molecule has 3 heterocycles. The standard InChI is InChI=1S/C30H32N4OS/c1-19(2)22-12-14-23(15-13-22)34-29(28(32-30(34)36)27-11-6-7-16-31-27)26-17-20(3)33(21(26)4)24-9-8-10-25(18-24)35-5/h6-19,28-29H,1-5H3,(H,32,36)/t28-,29-/m0/s1. The summed E-state index contributed by atoms with van der Waals surface area (Å²) in [5.74, 6) is 1.31. The lowest BCUT2D eigenvalue weighted by atomic mass is 9.96. The summed E-state index contributed by atoms with van der Waals surface area (Å²) >= 11 is 5.93. The van der Waals surface area contributed by atoms with Crippen molar-refractivity contribution in [3.05, 3.63) is 107 Å². The van der Waals surface area contributed by atoms with Crippen molar-refractivity contribution in [2.24, 2.45) is 0 Å². The van der Waals surface area contributed by atoms with Crippen molar-refractivity contribution in [3.63, 3.8) is 0 Å². The highest BCUT2D eigenvalue weighted by atomic mass is 32.1. The van der Waals surface area contributed by atoms with Crippen molar-refractivity contribution in [2.45, 2.75) is 45.7 Å². The van der Waals surface area contributed by atoms with Crippen LogP contribution < -0.4 is 15.0 Å². The molecule has 184 valence electrons. The number of ether oxygens (including phenoxy) is 1. The lowest BCUT2D eigenvalue weighted by Gasteiger charge is -2.28. The molecule has 2 aromatic heterocycles. The molecule has 1 N–H and O–H groups in total. The highest BCUT2D eigenvalue weighted by molar-refractivity contribution is 7.80. The van der Waals surface area contributed by atoms with E-state index in [0.717, 1.165) is 28.5 Å². The van der Waals surface area contributed by atoms with E-state index in [1.807, 2.05) is 30.5 Å². The summed E-state index contributed by atoms with van der Waals surface area (Å²) in [6.07, 6.45) is 1.84. The third kappa shape index (κ3) is 4.26. The normalized spacial score (nSPS) is 17.5. The van der Waals surface area contributed by atoms with Crippen LogP contribution in [0.2, 0.25) is 0 Å². The van der Waals surface area contributed by atoms with Gasteiger partial charge in [0.15, 0.2) is 5.11 Å². The number of nitrogens with zero attached hydrogens (tertiary/aromatic N) is 3. The maximum absolute atomic E-state index is 5.93. The quantitative estimate of drug-likeness (QED) is 0.297. The molecular weight excluding hydrogens is 464 g/mol. The number of thiocarbonyl (C=S) groups is 1. The molecule has 1 aliphatic rings. The average molecular weight is 497 g/mol. The van der Waals surface area contributed by atoms with E-state index in [2.05, 4.69) is 91.0 Å². The number of anilines is 1. The summed E-state index contributed by atoms with van der Waals surface area (Å²) in [5.41, 5.74) is 7.97. The van der Waals surface area contributed by atoms with E-state index in [4.69, 9.17) is 21.9 Å². The van der Waals surface area contributed by atoms with Gasteiger partial charge >= 0.3 is 0 Å². The van der Waals surface area contributed by atoms with Crippen molar-refractivity contribution < 1.29 is 4.74 Å². The van der Waals surface area contributed by atoms with Crippen LogP contribution in [0.5, 0.6) is 5.75 Å². The minimum absolute atomic E-state index is 0.0529. The lowest BCUT2D eigenvalue weighted by Crippen LogP contribution is -2.29. The summed E-state index contributed by atoms with van der Waals surface area (Å²) in [4.78, 5) is 6.95. The Morgan fingerprint density at radius 1 is 0.944 bits per heavy atom. The molecule has 2 aromatic carbocycles. The number of methoxy groups -OCH3 is 1. The number of aromatic nitrogens is 2. The van der Waals surface area contributed by atoms with Crippen molar-refractivity contribution in [3.8, 4) is 11.4 Å². The van der Waals surface area contributed by atoms with E-state index in [-0.39, 0.29) is 12.1 Å². The van der Waals surface area contributed by atoms with E-state index in [1.54, 1.807) is 7.11 Å². The Kier molecular flexibility index (Phi) is 6.54. The zero-order valence-corrected chi connectivity index (χ0v) is 22.2. The van der Waals surface area contributed by atoms with Gasteiger partial charge in [-0.2, -0.15) is 0 Å². The summed E-state index contributed by atoms with van der Waals surface area (Å²) in [7, 11) is 1.70. The Bertz CT molecular complexity index is 1380. The van der Waals surface area contributed by atoms with E-state index in [9.17, 15) is 0 Å². The molecule has 0 aliphatic carbocycles. The Balaban J connectivity index is 1.65. The molecule has 2 atom stereocenters. The van der Waals surface area contributed by atoms with Gasteiger partial charge in [0.1, 0.15) is 5.75 Å². The van der Waals surface area contributed by atoms with Crippen LogP contribution >= 0.6 is 12.2 Å². The fraction of sp³-hybridized carbons (Fsp3) is 0.267. The maximum Gasteiger partial charge on any atom is 0.174 e. The molecule has 0 saturated carbocycles. The summed E-state index contributed by atoms with van der Waals surface area (Å²) in [6, 6.07) is 25.1. The second kappa shape index (κ2) is 9.78. The van der Waals surface area contributed by atoms with Crippen LogP contribution in [0, 0.1) is 13.8 Å². The molecule has 0 spiro atoms. The first kappa shape index (κ1) is 24.1. The largest absolute Gasteiger partial charge is 0.497 e. The van der Waals surface area contributed by atoms with Crippen LogP contribution in [0.25, 0.3) is 5.69 Å². The van der Waals surface area contributed by atoms with Crippen molar-refractivity contribution >= 4 is 23.0 Å². The molecule has 1 fully saturated rings. The molecule has 4 aromatic rings. The van der Waals surface area contributed by atoms with E-state index in [0.29, 0.717) is 11.0 Å². The van der Waals surface area contributed by atoms with Crippen LogP contribution in [0.1, 0.15) is 60.1 Å². The summed E-state index contributed by atoms with van der Waals surface area (Å²) in [6.45, 7) is 8.75. The summed E-state index contributed by atoms with van der Waals surface area (Å²) in [5, 5.41) is 4.29. The van der Waals surface area contributed by atoms with Crippen molar-refractivity contribution in [2.75, 3.05) is 12.0 Å². The van der Waals surface area contributed by atoms with Gasteiger partial charge in [-0.3, -0.25) is 4.98 Å². The lowest BCUT2D eigenvalue weighted by molar-refractivity contribution is 0.414. The zero-order chi connectivity index (χ0) is 25.4. The van der Waals surface area contributed by atoms with Gasteiger partial charge in [0.2, 0.25) is 0 Å². The van der Waals surface area contributed by atoms with Crippen LogP contribution in [-0.4, -0.2) is 21.8 Å². The molecule has 0 amide bonds. The third-order valence-electron chi connectivity index (χ3n) is 7.04. The monoisotopic (exact) mass is 496 g/mol. The van der Waals surface area contributed by atoms with Gasteiger partial charge in [0.25, 0.3) is 0 Å². The average Bonchev–Trinajstić information content (AvgIpc) is 3.39. The smallest absolute Gasteiger partial charge is 0.174 e. The van der Waals surface area contributed by atoms with Crippen molar-refractivity contribution in [1.82, 2.24) is 14.9 Å². The Morgan fingerprint density at radius 3 is 2.39 bits per heavy atom. The first-order valence-corrected chi connectivity index (χ1v) is 12.7. The maximum atomic E-state index is 5.93. The predicted molar refractivity (Wildman–Crippen MR) is 150 cm³/mol. The minimum atomic E-state index is -0.0808. The van der Waals surface area contributed by atoms with Crippen LogP contribution in [0.15, 0.2) is 79.0 Å². The van der Waals surface area contributed by atoms with Crippen LogP contribution in [0.3, 0.4) is 0 Å². The Labute approximate surface area is 218 Å². The number of benzene rings is 2. The molecular formula is C30H32N4OS. The molecule has 36 heavy (non-hydrogen) atoms. The van der Waals surface area contributed by atoms with Gasteiger partial charge in [-0.1, -0.05) is 38.1 Å². The molecule has 6 heteroatoms. The zero-order valence-electron chi connectivity index (χ0n) is 21.4. The third-order valence-corrected chi connectivity index (χ3v) is 7.35. The first-order valence-electron chi connectivity index (χ1n) is 12.3. The number of hydrogen-bond acceptors (Lipinski definition) is 3. The second-order valence-electron chi connectivity index (χ2n) is 9.61. The number of aryl methyl sites for hydroxylation is 1. The van der Waals surface area contributed by atoms with Crippen LogP contribution in [0.4, 0.5) is 5.69 Å². The molecule has 5 rings (SSSR count).